The van der Waals surface area contributed by atoms with E-state index in [1.165, 1.54) is 27.8 Å². The summed E-state index contributed by atoms with van der Waals surface area (Å²) in [6.07, 6.45) is 2.36. The van der Waals surface area contributed by atoms with Crippen molar-refractivity contribution in [3.63, 3.8) is 0 Å². The van der Waals surface area contributed by atoms with E-state index in [1.807, 2.05) is 0 Å². The first kappa shape index (κ1) is 23.7. The molecule has 0 radical (unpaired) electrons. The molecule has 0 aliphatic carbocycles. The van der Waals surface area contributed by atoms with Crippen LogP contribution in [0.3, 0.4) is 0 Å². The molecule has 0 heterocycles. The van der Waals surface area contributed by atoms with Crippen molar-refractivity contribution in [2.24, 2.45) is 0 Å². The van der Waals surface area contributed by atoms with Gasteiger partial charge in [0.25, 0.3) is 0 Å². The molecule has 4 aromatic carbocycles. The van der Waals surface area contributed by atoms with E-state index in [2.05, 4.69) is 144 Å². The smallest absolute Gasteiger partial charge is 0.0237 e. The molecule has 0 aliphatic heterocycles. The fraction of sp³-hybridized carbons (Fsp3) is 0.188. The standard InChI is InChI=1S/C32H34N2/c1-33(23-22-32(30-18-10-4-11-19-30)31-20-12-5-13-21-31)24-25-34(26-28-14-6-2-7-15-28)27-29-16-8-3-9-17-29/h2-22H,23-27H2,1H3. The van der Waals surface area contributed by atoms with Crippen molar-refractivity contribution < 1.29 is 0 Å². The Morgan fingerprint density at radius 3 is 1.41 bits per heavy atom. The van der Waals surface area contributed by atoms with Gasteiger partial charge in [0.15, 0.2) is 0 Å². The Labute approximate surface area is 204 Å². The van der Waals surface area contributed by atoms with Gasteiger partial charge in [-0.2, -0.15) is 0 Å². The molecule has 4 aromatic rings. The third kappa shape index (κ3) is 7.28. The molecule has 0 aliphatic rings. The third-order valence-electron chi connectivity index (χ3n) is 6.07. The van der Waals surface area contributed by atoms with E-state index >= 15 is 0 Å². The predicted molar refractivity (Wildman–Crippen MR) is 144 cm³/mol. The van der Waals surface area contributed by atoms with Gasteiger partial charge in [0.05, 0.1) is 0 Å². The highest BCUT2D eigenvalue weighted by molar-refractivity contribution is 5.79. The highest BCUT2D eigenvalue weighted by Gasteiger charge is 2.10. The van der Waals surface area contributed by atoms with Crippen molar-refractivity contribution in [1.29, 1.82) is 0 Å². The number of benzene rings is 4. The Morgan fingerprint density at radius 1 is 0.559 bits per heavy atom. The summed E-state index contributed by atoms with van der Waals surface area (Å²) in [4.78, 5) is 4.95. The molecule has 0 saturated carbocycles. The van der Waals surface area contributed by atoms with Crippen LogP contribution in [-0.4, -0.2) is 36.5 Å². The Bertz CT molecular complexity index is 1040. The van der Waals surface area contributed by atoms with Crippen molar-refractivity contribution in [3.8, 4) is 0 Å². The maximum atomic E-state index is 2.54. The van der Waals surface area contributed by atoms with Gasteiger partial charge >= 0.3 is 0 Å². The zero-order chi connectivity index (χ0) is 23.4. The van der Waals surface area contributed by atoms with Gasteiger partial charge in [0, 0.05) is 32.7 Å². The van der Waals surface area contributed by atoms with Gasteiger partial charge in [-0.1, -0.05) is 127 Å². The molecule has 0 unspecified atom stereocenters. The Hall–Kier alpha value is -3.46. The number of likely N-dealkylation sites (N-methyl/N-ethyl adjacent to an activating group) is 1. The molecular formula is C32H34N2. The minimum atomic E-state index is 0.906. The molecule has 0 atom stereocenters. The van der Waals surface area contributed by atoms with Crippen LogP contribution in [0.1, 0.15) is 22.3 Å². The van der Waals surface area contributed by atoms with Gasteiger partial charge in [0.2, 0.25) is 0 Å². The molecule has 4 rings (SSSR count). The van der Waals surface area contributed by atoms with Gasteiger partial charge in [-0.15, -0.1) is 0 Å². The summed E-state index contributed by atoms with van der Waals surface area (Å²) >= 11 is 0. The summed E-state index contributed by atoms with van der Waals surface area (Å²) in [7, 11) is 2.22. The average molecular weight is 447 g/mol. The molecule has 0 fully saturated rings. The van der Waals surface area contributed by atoms with Gasteiger partial charge in [-0.25, -0.2) is 0 Å². The number of nitrogens with zero attached hydrogens (tertiary/aromatic N) is 2. The number of rotatable bonds is 11. The molecule has 0 amide bonds. The van der Waals surface area contributed by atoms with Crippen molar-refractivity contribution in [2.75, 3.05) is 26.7 Å². The van der Waals surface area contributed by atoms with E-state index in [4.69, 9.17) is 0 Å². The largest absolute Gasteiger partial charge is 0.301 e. The molecular weight excluding hydrogens is 412 g/mol. The maximum Gasteiger partial charge on any atom is 0.0237 e. The van der Waals surface area contributed by atoms with Crippen LogP contribution >= 0.6 is 0 Å². The summed E-state index contributed by atoms with van der Waals surface area (Å²) in [5.74, 6) is 0. The second kappa shape index (κ2) is 12.7. The van der Waals surface area contributed by atoms with Gasteiger partial charge in [0.1, 0.15) is 0 Å². The minimum absolute atomic E-state index is 0.906. The molecule has 2 nitrogen and oxygen atoms in total. The average Bonchev–Trinajstić information content (AvgIpc) is 2.90. The Balaban J connectivity index is 1.42. The van der Waals surface area contributed by atoms with Crippen LogP contribution in [0, 0.1) is 0 Å². The van der Waals surface area contributed by atoms with Crippen LogP contribution in [0.15, 0.2) is 127 Å². The molecule has 0 N–H and O–H groups in total. The van der Waals surface area contributed by atoms with Crippen molar-refractivity contribution >= 4 is 5.57 Å². The van der Waals surface area contributed by atoms with Crippen LogP contribution in [-0.2, 0) is 13.1 Å². The maximum absolute atomic E-state index is 2.54. The minimum Gasteiger partial charge on any atom is -0.301 e. The lowest BCUT2D eigenvalue weighted by Gasteiger charge is -2.25. The van der Waals surface area contributed by atoms with Gasteiger partial charge in [-0.05, 0) is 34.9 Å². The molecule has 172 valence electrons. The van der Waals surface area contributed by atoms with Crippen molar-refractivity contribution in [3.05, 3.63) is 150 Å². The number of hydrogen-bond acceptors (Lipinski definition) is 2. The van der Waals surface area contributed by atoms with E-state index in [0.717, 1.165) is 32.7 Å². The van der Waals surface area contributed by atoms with Crippen LogP contribution < -0.4 is 0 Å². The highest BCUT2D eigenvalue weighted by atomic mass is 15.2. The molecule has 0 spiro atoms. The Kier molecular flexibility index (Phi) is 8.84. The molecule has 0 aromatic heterocycles. The topological polar surface area (TPSA) is 6.48 Å². The second-order valence-electron chi connectivity index (χ2n) is 8.79. The lowest BCUT2D eigenvalue weighted by atomic mass is 9.97. The molecule has 34 heavy (non-hydrogen) atoms. The quantitative estimate of drug-likeness (QED) is 0.251. The summed E-state index contributed by atoms with van der Waals surface area (Å²) in [6.45, 7) is 4.84. The normalized spacial score (nSPS) is 11.0. The first-order chi connectivity index (χ1) is 16.8. The van der Waals surface area contributed by atoms with E-state index < -0.39 is 0 Å². The molecule has 0 saturated heterocycles. The lowest BCUT2D eigenvalue weighted by molar-refractivity contribution is 0.219. The Morgan fingerprint density at radius 2 is 0.971 bits per heavy atom. The second-order valence-corrected chi connectivity index (χ2v) is 8.79. The van der Waals surface area contributed by atoms with Crippen molar-refractivity contribution in [1.82, 2.24) is 9.80 Å². The van der Waals surface area contributed by atoms with Gasteiger partial charge < -0.3 is 4.90 Å². The zero-order valence-electron chi connectivity index (χ0n) is 20.1. The third-order valence-corrected chi connectivity index (χ3v) is 6.07. The van der Waals surface area contributed by atoms with Crippen LogP contribution in [0.5, 0.6) is 0 Å². The predicted octanol–water partition coefficient (Wildman–Crippen LogP) is 6.75. The van der Waals surface area contributed by atoms with Crippen LogP contribution in [0.25, 0.3) is 5.57 Å². The fourth-order valence-corrected chi connectivity index (χ4v) is 4.19. The first-order valence-electron chi connectivity index (χ1n) is 12.1. The summed E-state index contributed by atoms with van der Waals surface area (Å²) in [6, 6.07) is 42.9. The van der Waals surface area contributed by atoms with E-state index in [1.54, 1.807) is 0 Å². The summed E-state index contributed by atoms with van der Waals surface area (Å²) in [5, 5.41) is 0. The van der Waals surface area contributed by atoms with E-state index in [9.17, 15) is 0 Å². The SMILES string of the molecule is CN(CC=C(c1ccccc1)c1ccccc1)CCN(Cc1ccccc1)Cc1ccccc1. The summed E-state index contributed by atoms with van der Waals surface area (Å²) < 4.78 is 0. The van der Waals surface area contributed by atoms with E-state index in [-0.39, 0.29) is 0 Å². The fourth-order valence-electron chi connectivity index (χ4n) is 4.19. The van der Waals surface area contributed by atoms with Crippen LogP contribution in [0.4, 0.5) is 0 Å². The first-order valence-corrected chi connectivity index (χ1v) is 12.1. The van der Waals surface area contributed by atoms with Crippen molar-refractivity contribution in [2.45, 2.75) is 13.1 Å². The molecule has 2 heteroatoms. The zero-order valence-corrected chi connectivity index (χ0v) is 20.1. The number of hydrogen-bond donors (Lipinski definition) is 0. The van der Waals surface area contributed by atoms with Gasteiger partial charge in [-0.3, -0.25) is 4.90 Å². The molecule has 0 bridgehead atoms. The van der Waals surface area contributed by atoms with Crippen LogP contribution in [0.2, 0.25) is 0 Å². The highest BCUT2D eigenvalue weighted by Crippen LogP contribution is 2.23. The lowest BCUT2D eigenvalue weighted by Crippen LogP contribution is -2.33. The monoisotopic (exact) mass is 446 g/mol. The van der Waals surface area contributed by atoms with E-state index in [0.29, 0.717) is 0 Å². The summed E-state index contributed by atoms with van der Waals surface area (Å²) in [5.41, 5.74) is 6.53.